The van der Waals surface area contributed by atoms with Gasteiger partial charge in [0.25, 0.3) is 0 Å². The van der Waals surface area contributed by atoms with Gasteiger partial charge in [0.2, 0.25) is 5.91 Å². The van der Waals surface area contributed by atoms with Gasteiger partial charge in [-0.05, 0) is 29.7 Å². The quantitative estimate of drug-likeness (QED) is 0.610. The Kier molecular flexibility index (Phi) is 9.24. The Morgan fingerprint density at radius 3 is 2.70 bits per heavy atom. The van der Waals surface area contributed by atoms with E-state index in [0.717, 1.165) is 42.5 Å². The number of piperazine rings is 1. The molecule has 1 aromatic carbocycles. The molecule has 1 fully saturated rings. The summed E-state index contributed by atoms with van der Waals surface area (Å²) in [6.45, 7) is 4.48. The summed E-state index contributed by atoms with van der Waals surface area (Å²) in [5, 5.41) is 6.24. The predicted molar refractivity (Wildman–Crippen MR) is 127 cm³/mol. The molecule has 2 aromatic heterocycles. The van der Waals surface area contributed by atoms with E-state index in [1.807, 2.05) is 28.5 Å². The van der Waals surface area contributed by atoms with Crippen LogP contribution in [0.2, 0.25) is 0 Å². The Morgan fingerprint density at radius 2 is 2.00 bits per heavy atom. The maximum Gasteiger partial charge on any atom is 0.229 e. The summed E-state index contributed by atoms with van der Waals surface area (Å²) < 4.78 is 0. The molecule has 8 heteroatoms. The zero-order valence-electron chi connectivity index (χ0n) is 16.8. The minimum absolute atomic E-state index is 0. The van der Waals surface area contributed by atoms with Gasteiger partial charge in [-0.3, -0.25) is 9.78 Å². The van der Waals surface area contributed by atoms with Crippen molar-refractivity contribution >= 4 is 42.1 Å². The van der Waals surface area contributed by atoms with Gasteiger partial charge in [0.05, 0.1) is 23.9 Å². The van der Waals surface area contributed by atoms with Crippen molar-refractivity contribution in [3.63, 3.8) is 0 Å². The van der Waals surface area contributed by atoms with E-state index in [0.29, 0.717) is 6.42 Å². The number of thiazole rings is 1. The molecule has 1 aliphatic rings. The summed E-state index contributed by atoms with van der Waals surface area (Å²) in [6, 6.07) is 14.5. The maximum absolute atomic E-state index is 13.1. The largest absolute Gasteiger partial charge is 0.333 e. The number of amides is 1. The van der Waals surface area contributed by atoms with Crippen LogP contribution in [0.25, 0.3) is 10.7 Å². The van der Waals surface area contributed by atoms with Crippen molar-refractivity contribution < 1.29 is 4.79 Å². The SMILES string of the molecule is CCc1ccc(C2CNCCN2C(=O)Cc2csc(-c3ccccn3)n2)cc1.Cl.Cl. The first-order chi connectivity index (χ1) is 13.7. The van der Waals surface area contributed by atoms with E-state index in [-0.39, 0.29) is 36.8 Å². The number of hydrogen-bond donors (Lipinski definition) is 1. The third-order valence-electron chi connectivity index (χ3n) is 5.10. The molecule has 0 aliphatic carbocycles. The Hall–Kier alpha value is -1.99. The highest BCUT2D eigenvalue weighted by molar-refractivity contribution is 7.13. The van der Waals surface area contributed by atoms with E-state index in [2.05, 4.69) is 46.5 Å². The summed E-state index contributed by atoms with van der Waals surface area (Å²) in [4.78, 5) is 24.0. The van der Waals surface area contributed by atoms with Crippen LogP contribution >= 0.6 is 36.2 Å². The number of pyridine rings is 1. The topological polar surface area (TPSA) is 58.1 Å². The molecule has 4 rings (SSSR count). The number of nitrogens with one attached hydrogen (secondary N) is 1. The first kappa shape index (κ1) is 24.3. The van der Waals surface area contributed by atoms with Crippen LogP contribution < -0.4 is 5.32 Å². The number of aromatic nitrogens is 2. The van der Waals surface area contributed by atoms with Crippen molar-refractivity contribution in [3.8, 4) is 10.7 Å². The number of hydrogen-bond acceptors (Lipinski definition) is 5. The molecule has 0 radical (unpaired) electrons. The third kappa shape index (κ3) is 5.58. The van der Waals surface area contributed by atoms with Gasteiger partial charge in [-0.2, -0.15) is 0 Å². The van der Waals surface area contributed by atoms with Crippen LogP contribution in [-0.4, -0.2) is 40.4 Å². The summed E-state index contributed by atoms with van der Waals surface area (Å²) in [5.74, 6) is 0.129. The minimum atomic E-state index is 0. The summed E-state index contributed by atoms with van der Waals surface area (Å²) in [7, 11) is 0. The van der Waals surface area contributed by atoms with Crippen LogP contribution in [0.1, 0.15) is 29.8 Å². The van der Waals surface area contributed by atoms with Gasteiger partial charge < -0.3 is 10.2 Å². The first-order valence-electron chi connectivity index (χ1n) is 9.69. The van der Waals surface area contributed by atoms with Crippen LogP contribution in [0.3, 0.4) is 0 Å². The standard InChI is InChI=1S/C22H24N4OS.2ClH/c1-2-16-6-8-17(9-7-16)20-14-23-11-12-26(20)21(27)13-18-15-28-22(25-18)19-5-3-4-10-24-19;;/h3-10,15,20,23H,2,11-14H2,1H3;2*1H. The first-order valence-corrected chi connectivity index (χ1v) is 10.6. The second kappa shape index (κ2) is 11.4. The molecule has 160 valence electrons. The molecule has 1 atom stereocenters. The molecule has 5 nitrogen and oxygen atoms in total. The smallest absolute Gasteiger partial charge is 0.229 e. The van der Waals surface area contributed by atoms with E-state index in [1.165, 1.54) is 22.5 Å². The molecule has 3 heterocycles. The highest BCUT2D eigenvalue weighted by Gasteiger charge is 2.28. The van der Waals surface area contributed by atoms with E-state index in [4.69, 9.17) is 0 Å². The molecule has 1 N–H and O–H groups in total. The Morgan fingerprint density at radius 1 is 1.20 bits per heavy atom. The van der Waals surface area contributed by atoms with E-state index < -0.39 is 0 Å². The van der Waals surface area contributed by atoms with Crippen LogP contribution in [-0.2, 0) is 17.6 Å². The zero-order chi connectivity index (χ0) is 19.3. The second-order valence-corrected chi connectivity index (χ2v) is 7.80. The highest BCUT2D eigenvalue weighted by atomic mass is 35.5. The van der Waals surface area contributed by atoms with Gasteiger partial charge in [0.15, 0.2) is 0 Å². The lowest BCUT2D eigenvalue weighted by atomic mass is 10.0. The van der Waals surface area contributed by atoms with Gasteiger partial charge in [0.1, 0.15) is 5.01 Å². The summed E-state index contributed by atoms with van der Waals surface area (Å²) in [5.41, 5.74) is 4.16. The molecule has 0 spiro atoms. The van der Waals surface area contributed by atoms with Crippen LogP contribution in [0, 0.1) is 0 Å². The van der Waals surface area contributed by atoms with Crippen molar-refractivity contribution in [2.45, 2.75) is 25.8 Å². The highest BCUT2D eigenvalue weighted by Crippen LogP contribution is 2.25. The number of carbonyl (C=O) groups excluding carboxylic acids is 1. The van der Waals surface area contributed by atoms with Crippen molar-refractivity contribution in [2.24, 2.45) is 0 Å². The van der Waals surface area contributed by atoms with E-state index >= 15 is 0 Å². The van der Waals surface area contributed by atoms with E-state index in [1.54, 1.807) is 6.20 Å². The third-order valence-corrected chi connectivity index (χ3v) is 6.02. The lowest BCUT2D eigenvalue weighted by Crippen LogP contribution is -2.49. The van der Waals surface area contributed by atoms with Gasteiger partial charge in [-0.15, -0.1) is 36.2 Å². The molecule has 1 amide bonds. The molecule has 30 heavy (non-hydrogen) atoms. The molecule has 0 bridgehead atoms. The van der Waals surface area contributed by atoms with Crippen molar-refractivity contribution in [2.75, 3.05) is 19.6 Å². The Labute approximate surface area is 193 Å². The number of rotatable bonds is 5. The van der Waals surface area contributed by atoms with Crippen molar-refractivity contribution in [1.82, 2.24) is 20.2 Å². The number of nitrogens with zero attached hydrogens (tertiary/aromatic N) is 3. The molecule has 1 aliphatic heterocycles. The Balaban J connectivity index is 0.00000160. The average molecular weight is 465 g/mol. The van der Waals surface area contributed by atoms with Crippen molar-refractivity contribution in [1.29, 1.82) is 0 Å². The predicted octanol–water partition coefficient (Wildman–Crippen LogP) is 4.33. The van der Waals surface area contributed by atoms with Crippen LogP contribution in [0.5, 0.6) is 0 Å². The number of carbonyl (C=O) groups is 1. The van der Waals surface area contributed by atoms with Gasteiger partial charge >= 0.3 is 0 Å². The van der Waals surface area contributed by atoms with Gasteiger partial charge in [0, 0.05) is 31.2 Å². The molecule has 3 aromatic rings. The molecule has 1 unspecified atom stereocenters. The fraction of sp³-hybridized carbons (Fsp3) is 0.318. The lowest BCUT2D eigenvalue weighted by molar-refractivity contribution is -0.133. The van der Waals surface area contributed by atoms with Gasteiger partial charge in [-0.1, -0.05) is 37.3 Å². The summed E-state index contributed by atoms with van der Waals surface area (Å²) >= 11 is 1.54. The van der Waals surface area contributed by atoms with E-state index in [9.17, 15) is 4.79 Å². The minimum Gasteiger partial charge on any atom is -0.333 e. The second-order valence-electron chi connectivity index (χ2n) is 6.94. The van der Waals surface area contributed by atoms with Gasteiger partial charge in [-0.25, -0.2) is 4.98 Å². The number of aryl methyl sites for hydroxylation is 1. The maximum atomic E-state index is 13.1. The lowest BCUT2D eigenvalue weighted by Gasteiger charge is -2.36. The number of benzene rings is 1. The van der Waals surface area contributed by atoms with Crippen molar-refractivity contribution in [3.05, 3.63) is 70.9 Å². The van der Waals surface area contributed by atoms with Crippen LogP contribution in [0.15, 0.2) is 54.0 Å². The van der Waals surface area contributed by atoms with Crippen LogP contribution in [0.4, 0.5) is 0 Å². The fourth-order valence-corrected chi connectivity index (χ4v) is 4.32. The molecular formula is C22H26Cl2N4OS. The summed E-state index contributed by atoms with van der Waals surface area (Å²) in [6.07, 6.45) is 3.11. The molecule has 0 saturated carbocycles. The normalized spacial score (nSPS) is 15.8. The average Bonchev–Trinajstić information content (AvgIpc) is 3.23. The Bertz CT molecular complexity index is 934. The zero-order valence-corrected chi connectivity index (χ0v) is 19.2. The monoisotopic (exact) mass is 464 g/mol. The number of halogens is 2. The molecule has 1 saturated heterocycles. The molecular weight excluding hydrogens is 439 g/mol. The fourth-order valence-electron chi connectivity index (χ4n) is 3.53.